The Balaban J connectivity index is 1.11. The van der Waals surface area contributed by atoms with Crippen molar-refractivity contribution >= 4 is 23.0 Å². The summed E-state index contributed by atoms with van der Waals surface area (Å²) in [5.74, 6) is 0.0556. The van der Waals surface area contributed by atoms with E-state index in [9.17, 15) is 14.4 Å². The van der Waals surface area contributed by atoms with Gasteiger partial charge in [-0.2, -0.15) is 0 Å². The number of nitrogens with zero attached hydrogens (tertiary/aromatic N) is 4. The van der Waals surface area contributed by atoms with E-state index in [2.05, 4.69) is 36.2 Å². The molecule has 0 aromatic carbocycles. The first kappa shape index (κ1) is 27.2. The third-order valence-corrected chi connectivity index (χ3v) is 6.76. The molecule has 0 spiro atoms. The molecule has 2 aliphatic heterocycles. The average Bonchev–Trinajstić information content (AvgIpc) is 3.54. The number of fused-ring (bicyclic) bond motifs is 1. The SMILES string of the molecule is O=C(NCCCCCC(=O)N1CCNCCNCCNCC1)[C@@H]1CC[C@H](n2cnc3c(=O)[nH]cnc32)O1. The van der Waals surface area contributed by atoms with E-state index in [1.807, 2.05) is 4.90 Å². The van der Waals surface area contributed by atoms with Gasteiger partial charge in [-0.25, -0.2) is 9.97 Å². The number of aromatic nitrogens is 4. The topological polar surface area (TPSA) is 158 Å². The third kappa shape index (κ3) is 7.81. The molecule has 13 heteroatoms. The molecule has 2 aliphatic rings. The number of aromatic amines is 1. The number of unbranched alkanes of at least 4 members (excludes halogenated alkanes) is 2. The highest BCUT2D eigenvalue weighted by Crippen LogP contribution is 2.29. The van der Waals surface area contributed by atoms with Crippen molar-refractivity contribution in [2.75, 3.05) is 58.9 Å². The van der Waals surface area contributed by atoms with E-state index in [0.717, 1.165) is 71.6 Å². The zero-order valence-electron chi connectivity index (χ0n) is 21.3. The van der Waals surface area contributed by atoms with Gasteiger partial charge in [0, 0.05) is 65.3 Å². The van der Waals surface area contributed by atoms with Gasteiger partial charge in [0.2, 0.25) is 11.8 Å². The highest BCUT2D eigenvalue weighted by molar-refractivity contribution is 5.81. The van der Waals surface area contributed by atoms with Crippen LogP contribution in [0.1, 0.15) is 44.8 Å². The second kappa shape index (κ2) is 14.2. The van der Waals surface area contributed by atoms with Crippen LogP contribution in [0.4, 0.5) is 0 Å². The zero-order valence-corrected chi connectivity index (χ0v) is 21.3. The minimum Gasteiger partial charge on any atom is -0.354 e. The summed E-state index contributed by atoms with van der Waals surface area (Å²) in [7, 11) is 0. The van der Waals surface area contributed by atoms with Crippen LogP contribution >= 0.6 is 0 Å². The van der Waals surface area contributed by atoms with Crippen molar-refractivity contribution < 1.29 is 14.3 Å². The van der Waals surface area contributed by atoms with Crippen molar-refractivity contribution in [2.24, 2.45) is 0 Å². The van der Waals surface area contributed by atoms with Gasteiger partial charge in [-0.05, 0) is 25.7 Å². The average molecular weight is 518 g/mol. The summed E-state index contributed by atoms with van der Waals surface area (Å²) < 4.78 is 7.64. The van der Waals surface area contributed by atoms with Crippen LogP contribution in [0.15, 0.2) is 17.4 Å². The quantitative estimate of drug-likeness (QED) is 0.279. The maximum absolute atomic E-state index is 12.7. The van der Waals surface area contributed by atoms with Crippen LogP contribution in [0.5, 0.6) is 0 Å². The fourth-order valence-corrected chi connectivity index (χ4v) is 4.67. The van der Waals surface area contributed by atoms with Gasteiger partial charge < -0.3 is 35.9 Å². The molecule has 2 fully saturated rings. The number of hydrogen-bond acceptors (Lipinski definition) is 9. The van der Waals surface area contributed by atoms with Gasteiger partial charge in [-0.3, -0.25) is 19.0 Å². The van der Waals surface area contributed by atoms with Gasteiger partial charge >= 0.3 is 0 Å². The molecule has 2 amide bonds. The summed E-state index contributed by atoms with van der Waals surface area (Å²) >= 11 is 0. The first-order chi connectivity index (χ1) is 18.1. The Morgan fingerprint density at radius 2 is 1.70 bits per heavy atom. The van der Waals surface area contributed by atoms with E-state index >= 15 is 0 Å². The molecular weight excluding hydrogens is 478 g/mol. The summed E-state index contributed by atoms with van der Waals surface area (Å²) in [6.07, 6.45) is 6.18. The standard InChI is InChI=1S/C24H39N9O4/c34-19(32-14-12-26-10-8-25-9-11-27-13-15-32)4-2-1-3-7-28-23(35)18-5-6-20(37-18)33-17-31-21-22(33)29-16-30-24(21)36/h16-18,20,25-27H,1-15H2,(H,28,35)(H,29,30,36)/t18-,20+/m0/s1. The van der Waals surface area contributed by atoms with Crippen LogP contribution in [0.3, 0.4) is 0 Å². The van der Waals surface area contributed by atoms with E-state index < -0.39 is 6.10 Å². The largest absolute Gasteiger partial charge is 0.354 e. The first-order valence-corrected chi connectivity index (χ1v) is 13.4. The van der Waals surface area contributed by atoms with Gasteiger partial charge in [0.25, 0.3) is 5.56 Å². The van der Waals surface area contributed by atoms with Gasteiger partial charge in [-0.1, -0.05) is 6.42 Å². The number of ether oxygens (including phenoxy) is 1. The lowest BCUT2D eigenvalue weighted by molar-refractivity contribution is -0.134. The van der Waals surface area contributed by atoms with E-state index in [1.54, 1.807) is 4.57 Å². The molecule has 0 radical (unpaired) electrons. The summed E-state index contributed by atoms with van der Waals surface area (Å²) in [5, 5.41) is 13.1. The van der Waals surface area contributed by atoms with Crippen molar-refractivity contribution in [3.63, 3.8) is 0 Å². The highest BCUT2D eigenvalue weighted by Gasteiger charge is 2.32. The molecular formula is C24H39N9O4. The predicted octanol–water partition coefficient (Wildman–Crippen LogP) is -0.915. The summed E-state index contributed by atoms with van der Waals surface area (Å²) in [5.41, 5.74) is 0.400. The van der Waals surface area contributed by atoms with E-state index in [-0.39, 0.29) is 29.1 Å². The van der Waals surface area contributed by atoms with E-state index in [0.29, 0.717) is 31.5 Å². The molecule has 2 aromatic heterocycles. The van der Waals surface area contributed by atoms with Gasteiger partial charge in [0.1, 0.15) is 12.3 Å². The Hall–Kier alpha value is -2.87. The number of nitrogens with one attached hydrogen (secondary N) is 5. The molecule has 0 aliphatic carbocycles. The number of carbonyl (C=O) groups excluding carboxylic acids is 2. The highest BCUT2D eigenvalue weighted by atomic mass is 16.5. The second-order valence-electron chi connectivity index (χ2n) is 9.44. The number of hydrogen-bond donors (Lipinski definition) is 5. The minimum absolute atomic E-state index is 0.136. The molecule has 2 saturated heterocycles. The summed E-state index contributed by atoms with van der Waals surface area (Å²) in [6, 6.07) is 0. The van der Waals surface area contributed by atoms with Gasteiger partial charge in [-0.15, -0.1) is 0 Å². The number of imidazole rings is 1. The predicted molar refractivity (Wildman–Crippen MR) is 138 cm³/mol. The lowest BCUT2D eigenvalue weighted by atomic mass is 10.1. The zero-order chi connectivity index (χ0) is 25.9. The van der Waals surface area contributed by atoms with Crippen LogP contribution in [0.2, 0.25) is 0 Å². The van der Waals surface area contributed by atoms with Crippen molar-refractivity contribution in [1.82, 2.24) is 45.7 Å². The van der Waals surface area contributed by atoms with Crippen molar-refractivity contribution in [1.29, 1.82) is 0 Å². The van der Waals surface area contributed by atoms with Crippen molar-refractivity contribution in [3.8, 4) is 0 Å². The fraction of sp³-hybridized carbons (Fsp3) is 0.708. The number of H-pyrrole nitrogens is 1. The molecule has 13 nitrogen and oxygen atoms in total. The van der Waals surface area contributed by atoms with Crippen LogP contribution in [0.25, 0.3) is 11.2 Å². The molecule has 0 bridgehead atoms. The van der Waals surface area contributed by atoms with Gasteiger partial charge in [0.15, 0.2) is 11.2 Å². The van der Waals surface area contributed by atoms with Crippen LogP contribution < -0.4 is 26.8 Å². The minimum atomic E-state index is -0.544. The molecule has 2 aromatic rings. The molecule has 2 atom stereocenters. The Morgan fingerprint density at radius 3 is 2.46 bits per heavy atom. The first-order valence-electron chi connectivity index (χ1n) is 13.4. The summed E-state index contributed by atoms with van der Waals surface area (Å²) in [6.45, 7) is 7.26. The van der Waals surface area contributed by atoms with E-state index in [4.69, 9.17) is 4.74 Å². The molecule has 4 heterocycles. The van der Waals surface area contributed by atoms with E-state index in [1.165, 1.54) is 12.7 Å². The second-order valence-corrected chi connectivity index (χ2v) is 9.44. The molecule has 204 valence electrons. The normalized spacial score (nSPS) is 21.9. The number of amides is 2. The third-order valence-electron chi connectivity index (χ3n) is 6.76. The van der Waals surface area contributed by atoms with Crippen LogP contribution in [-0.2, 0) is 14.3 Å². The molecule has 0 saturated carbocycles. The van der Waals surface area contributed by atoms with Gasteiger partial charge in [0.05, 0.1) is 12.7 Å². The molecule has 5 N–H and O–H groups in total. The Labute approximate surface area is 216 Å². The van der Waals surface area contributed by atoms with Crippen molar-refractivity contribution in [3.05, 3.63) is 23.0 Å². The summed E-state index contributed by atoms with van der Waals surface area (Å²) in [4.78, 5) is 49.9. The smallest absolute Gasteiger partial charge is 0.278 e. The maximum Gasteiger partial charge on any atom is 0.278 e. The Bertz CT molecular complexity index is 1060. The number of carbonyl (C=O) groups is 2. The van der Waals surface area contributed by atoms with Crippen molar-refractivity contribution in [2.45, 2.75) is 50.9 Å². The number of rotatable bonds is 8. The Kier molecular flexibility index (Phi) is 10.4. The Morgan fingerprint density at radius 1 is 0.973 bits per heavy atom. The molecule has 4 rings (SSSR count). The lowest BCUT2D eigenvalue weighted by Gasteiger charge is -2.24. The monoisotopic (exact) mass is 517 g/mol. The lowest BCUT2D eigenvalue weighted by Crippen LogP contribution is -2.44. The van der Waals surface area contributed by atoms with Crippen LogP contribution in [-0.4, -0.2) is 101 Å². The van der Waals surface area contributed by atoms with Crippen LogP contribution in [0, 0.1) is 0 Å². The molecule has 37 heavy (non-hydrogen) atoms. The maximum atomic E-state index is 12.7. The molecule has 0 unspecified atom stereocenters. The fourth-order valence-electron chi connectivity index (χ4n) is 4.67.